The first kappa shape index (κ1) is 20.0. The number of carbonyl (C=O) groups is 1. The molecule has 28 heavy (non-hydrogen) atoms. The number of hydrogen-bond acceptors (Lipinski definition) is 5. The number of benzene rings is 1. The van der Waals surface area contributed by atoms with Gasteiger partial charge in [-0.2, -0.15) is 0 Å². The Morgan fingerprint density at radius 3 is 2.50 bits per heavy atom. The lowest BCUT2D eigenvalue weighted by Crippen LogP contribution is -2.47. The first-order valence-electron chi connectivity index (χ1n) is 9.40. The summed E-state index contributed by atoms with van der Waals surface area (Å²) in [5, 5.41) is 6.02. The molecule has 1 fully saturated rings. The summed E-state index contributed by atoms with van der Waals surface area (Å²) in [7, 11) is 5.08. The summed E-state index contributed by atoms with van der Waals surface area (Å²) in [5.41, 5.74) is 0.811. The number of nitrogens with one attached hydrogen (secondary N) is 2. The van der Waals surface area contributed by atoms with Crippen LogP contribution >= 0.6 is 0 Å². The number of carbonyl (C=O) groups excluding carboxylic acids is 1. The predicted octanol–water partition coefficient (Wildman–Crippen LogP) is 2.39. The molecule has 152 valence electrons. The molecule has 2 N–H and O–H groups in total. The van der Waals surface area contributed by atoms with Crippen LogP contribution < -0.4 is 20.1 Å². The van der Waals surface area contributed by atoms with Crippen LogP contribution in [0.15, 0.2) is 30.6 Å². The Labute approximate surface area is 165 Å². The van der Waals surface area contributed by atoms with Crippen molar-refractivity contribution in [1.82, 2.24) is 20.2 Å². The third-order valence-electron chi connectivity index (χ3n) is 4.98. The van der Waals surface area contributed by atoms with Crippen molar-refractivity contribution in [2.24, 2.45) is 7.05 Å². The van der Waals surface area contributed by atoms with Gasteiger partial charge in [0, 0.05) is 32.1 Å². The summed E-state index contributed by atoms with van der Waals surface area (Å²) in [4.78, 5) is 17.2. The lowest BCUT2D eigenvalue weighted by Gasteiger charge is -2.24. The highest BCUT2D eigenvalue weighted by Crippen LogP contribution is 2.29. The molecular weight excluding hydrogens is 360 g/mol. The summed E-state index contributed by atoms with van der Waals surface area (Å²) in [6, 6.07) is 4.69. The molecule has 1 aliphatic rings. The quantitative estimate of drug-likeness (QED) is 0.761. The molecule has 1 aliphatic heterocycles. The molecule has 2 heterocycles. The molecule has 3 unspecified atom stereocenters. The number of aryl methyl sites for hydroxylation is 1. The number of methoxy groups -OCH3 is 2. The summed E-state index contributed by atoms with van der Waals surface area (Å²) in [6.45, 7) is 2.71. The van der Waals surface area contributed by atoms with Crippen LogP contribution in [0.3, 0.4) is 0 Å². The van der Waals surface area contributed by atoms with E-state index in [-0.39, 0.29) is 18.2 Å². The van der Waals surface area contributed by atoms with E-state index in [4.69, 9.17) is 14.2 Å². The minimum absolute atomic E-state index is 0.0503. The normalized spacial score (nSPS) is 18.4. The second-order valence-corrected chi connectivity index (χ2v) is 6.93. The molecule has 1 aromatic carbocycles. The lowest BCUT2D eigenvalue weighted by atomic mass is 10.0. The van der Waals surface area contributed by atoms with E-state index < -0.39 is 6.04 Å². The van der Waals surface area contributed by atoms with Crippen molar-refractivity contribution in [3.63, 3.8) is 0 Å². The van der Waals surface area contributed by atoms with Crippen molar-refractivity contribution in [3.05, 3.63) is 42.0 Å². The first-order valence-corrected chi connectivity index (χ1v) is 9.40. The summed E-state index contributed by atoms with van der Waals surface area (Å²) in [5.74, 6) is 1.99. The third kappa shape index (κ3) is 4.56. The van der Waals surface area contributed by atoms with Crippen molar-refractivity contribution in [3.8, 4) is 11.5 Å². The van der Waals surface area contributed by atoms with Crippen LogP contribution in [-0.2, 0) is 11.8 Å². The molecule has 0 radical (unpaired) electrons. The molecule has 3 atom stereocenters. The largest absolute Gasteiger partial charge is 0.497 e. The second-order valence-electron chi connectivity index (χ2n) is 6.93. The molecule has 2 aromatic rings. The van der Waals surface area contributed by atoms with Gasteiger partial charge in [-0.3, -0.25) is 0 Å². The topological polar surface area (TPSA) is 86.6 Å². The number of imidazole rings is 1. The number of hydrogen-bond donors (Lipinski definition) is 2. The Hall–Kier alpha value is -2.74. The van der Waals surface area contributed by atoms with Crippen molar-refractivity contribution in [1.29, 1.82) is 0 Å². The van der Waals surface area contributed by atoms with E-state index in [1.54, 1.807) is 26.5 Å². The standard InChI is InChI=1S/C20H28N4O4/c1-13(17-6-5-9-28-17)22-20(25)23-18(19-21-7-8-24(19)2)14-10-15(26-3)12-16(11-14)27-4/h7-8,10-13,17-18H,5-6,9H2,1-4H3,(H2,22,23,25). The summed E-state index contributed by atoms with van der Waals surface area (Å²) in [6.07, 6.45) is 5.58. The molecule has 3 rings (SSSR count). The molecule has 8 nitrogen and oxygen atoms in total. The van der Waals surface area contributed by atoms with Crippen LogP contribution in [-0.4, -0.2) is 48.6 Å². The SMILES string of the molecule is COc1cc(OC)cc(C(NC(=O)NC(C)C2CCCO2)c2nccn2C)c1. The van der Waals surface area contributed by atoms with Gasteiger partial charge in [-0.15, -0.1) is 0 Å². The Kier molecular flexibility index (Phi) is 6.41. The summed E-state index contributed by atoms with van der Waals surface area (Å²) >= 11 is 0. The molecule has 0 spiro atoms. The van der Waals surface area contributed by atoms with Crippen molar-refractivity contribution in [2.75, 3.05) is 20.8 Å². The number of nitrogens with zero attached hydrogens (tertiary/aromatic N) is 2. The molecule has 1 aromatic heterocycles. The highest BCUT2D eigenvalue weighted by atomic mass is 16.5. The van der Waals surface area contributed by atoms with Crippen LogP contribution in [0.4, 0.5) is 4.79 Å². The van der Waals surface area contributed by atoms with Gasteiger partial charge in [-0.1, -0.05) is 0 Å². The lowest BCUT2D eigenvalue weighted by molar-refractivity contribution is 0.0859. The molecule has 0 saturated carbocycles. The monoisotopic (exact) mass is 388 g/mol. The fourth-order valence-electron chi connectivity index (χ4n) is 3.42. The fraction of sp³-hybridized carbons (Fsp3) is 0.500. The Morgan fingerprint density at radius 2 is 1.96 bits per heavy atom. The van der Waals surface area contributed by atoms with Crippen molar-refractivity contribution >= 4 is 6.03 Å². The average molecular weight is 388 g/mol. The zero-order valence-corrected chi connectivity index (χ0v) is 16.8. The number of rotatable bonds is 7. The van der Waals surface area contributed by atoms with Gasteiger partial charge in [0.1, 0.15) is 23.4 Å². The average Bonchev–Trinajstić information content (AvgIpc) is 3.37. The molecule has 2 amide bonds. The maximum absolute atomic E-state index is 12.7. The van der Waals surface area contributed by atoms with Gasteiger partial charge in [0.2, 0.25) is 0 Å². The van der Waals surface area contributed by atoms with Crippen LogP contribution in [0.5, 0.6) is 11.5 Å². The fourth-order valence-corrected chi connectivity index (χ4v) is 3.42. The van der Waals surface area contributed by atoms with E-state index in [0.29, 0.717) is 17.3 Å². The summed E-state index contributed by atoms with van der Waals surface area (Å²) < 4.78 is 18.3. The molecule has 1 saturated heterocycles. The van der Waals surface area contributed by atoms with Gasteiger partial charge in [-0.05, 0) is 37.5 Å². The highest BCUT2D eigenvalue weighted by molar-refractivity contribution is 5.75. The zero-order valence-electron chi connectivity index (χ0n) is 16.8. The smallest absolute Gasteiger partial charge is 0.315 e. The minimum Gasteiger partial charge on any atom is -0.497 e. The van der Waals surface area contributed by atoms with E-state index in [1.807, 2.05) is 36.9 Å². The molecular formula is C20H28N4O4. The van der Waals surface area contributed by atoms with Gasteiger partial charge in [0.05, 0.1) is 26.4 Å². The van der Waals surface area contributed by atoms with E-state index in [2.05, 4.69) is 15.6 Å². The van der Waals surface area contributed by atoms with Gasteiger partial charge in [0.25, 0.3) is 0 Å². The molecule has 0 aliphatic carbocycles. The van der Waals surface area contributed by atoms with E-state index in [1.165, 1.54) is 0 Å². The van der Waals surface area contributed by atoms with Crippen molar-refractivity contribution < 1.29 is 19.0 Å². The zero-order chi connectivity index (χ0) is 20.1. The molecule has 0 bridgehead atoms. The van der Waals surface area contributed by atoms with Crippen molar-refractivity contribution in [2.45, 2.75) is 38.0 Å². The molecule has 8 heteroatoms. The maximum Gasteiger partial charge on any atom is 0.315 e. The van der Waals surface area contributed by atoms with Crippen LogP contribution in [0.2, 0.25) is 0 Å². The van der Waals surface area contributed by atoms with Gasteiger partial charge in [-0.25, -0.2) is 9.78 Å². The van der Waals surface area contributed by atoms with Gasteiger partial charge < -0.3 is 29.4 Å². The van der Waals surface area contributed by atoms with E-state index in [0.717, 1.165) is 25.0 Å². The van der Waals surface area contributed by atoms with E-state index >= 15 is 0 Å². The third-order valence-corrected chi connectivity index (χ3v) is 4.98. The Morgan fingerprint density at radius 1 is 1.25 bits per heavy atom. The highest BCUT2D eigenvalue weighted by Gasteiger charge is 2.26. The van der Waals surface area contributed by atoms with E-state index in [9.17, 15) is 4.79 Å². The number of amides is 2. The van der Waals surface area contributed by atoms with Gasteiger partial charge in [0.15, 0.2) is 0 Å². The first-order chi connectivity index (χ1) is 13.5. The van der Waals surface area contributed by atoms with Crippen LogP contribution in [0.1, 0.15) is 37.2 Å². The minimum atomic E-state index is -0.472. The predicted molar refractivity (Wildman–Crippen MR) is 105 cm³/mol. The van der Waals surface area contributed by atoms with Crippen LogP contribution in [0.25, 0.3) is 0 Å². The Bertz CT molecular complexity index is 779. The second kappa shape index (κ2) is 8.97. The number of ether oxygens (including phenoxy) is 3. The number of aromatic nitrogens is 2. The Balaban J connectivity index is 1.84. The van der Waals surface area contributed by atoms with Gasteiger partial charge >= 0.3 is 6.03 Å². The van der Waals surface area contributed by atoms with Crippen LogP contribution in [0, 0.1) is 0 Å². The number of urea groups is 1. The maximum atomic E-state index is 12.7.